The SMILES string of the molecule is CC(C)CCc1cc(NC(=O)N2CCCN(C(=O)c3ccc(F)cc3)CC2)n(C)n1. The summed E-state index contributed by atoms with van der Waals surface area (Å²) in [5.74, 6) is 0.761. The average molecular weight is 416 g/mol. The fraction of sp³-hybridized carbons (Fsp3) is 0.500. The molecule has 2 heterocycles. The first kappa shape index (κ1) is 21.8. The van der Waals surface area contributed by atoms with Crippen molar-refractivity contribution in [2.75, 3.05) is 31.5 Å². The quantitative estimate of drug-likeness (QED) is 0.812. The smallest absolute Gasteiger partial charge is 0.323 e. The van der Waals surface area contributed by atoms with Crippen molar-refractivity contribution in [1.82, 2.24) is 19.6 Å². The molecule has 1 aliphatic rings. The van der Waals surface area contributed by atoms with E-state index in [9.17, 15) is 14.0 Å². The van der Waals surface area contributed by atoms with E-state index < -0.39 is 0 Å². The summed E-state index contributed by atoms with van der Waals surface area (Å²) < 4.78 is 14.8. The molecular formula is C22H30FN5O2. The van der Waals surface area contributed by atoms with Gasteiger partial charge in [-0.1, -0.05) is 13.8 Å². The van der Waals surface area contributed by atoms with E-state index in [0.29, 0.717) is 49.9 Å². The highest BCUT2D eigenvalue weighted by molar-refractivity contribution is 5.94. The number of anilines is 1. The summed E-state index contributed by atoms with van der Waals surface area (Å²) >= 11 is 0. The lowest BCUT2D eigenvalue weighted by Gasteiger charge is -2.22. The predicted octanol–water partition coefficient (Wildman–Crippen LogP) is 3.53. The number of aromatic nitrogens is 2. The Kier molecular flexibility index (Phi) is 7.07. The Morgan fingerprint density at radius 3 is 2.47 bits per heavy atom. The van der Waals surface area contributed by atoms with Crippen LogP contribution in [0.1, 0.15) is 42.7 Å². The van der Waals surface area contributed by atoms with E-state index in [4.69, 9.17) is 0 Å². The van der Waals surface area contributed by atoms with Crippen molar-refractivity contribution in [3.8, 4) is 0 Å². The monoisotopic (exact) mass is 415 g/mol. The summed E-state index contributed by atoms with van der Waals surface area (Å²) in [5.41, 5.74) is 1.42. The molecule has 8 heteroatoms. The first-order valence-corrected chi connectivity index (χ1v) is 10.5. The number of aryl methyl sites for hydroxylation is 2. The van der Waals surface area contributed by atoms with Gasteiger partial charge in [0.05, 0.1) is 5.69 Å². The fourth-order valence-electron chi connectivity index (χ4n) is 3.49. The van der Waals surface area contributed by atoms with E-state index >= 15 is 0 Å². The maximum atomic E-state index is 13.1. The molecular weight excluding hydrogens is 385 g/mol. The van der Waals surface area contributed by atoms with E-state index in [1.165, 1.54) is 24.3 Å². The van der Waals surface area contributed by atoms with E-state index in [0.717, 1.165) is 18.5 Å². The van der Waals surface area contributed by atoms with Gasteiger partial charge in [0, 0.05) is 44.9 Å². The molecule has 0 bridgehead atoms. The lowest BCUT2D eigenvalue weighted by atomic mass is 10.1. The van der Waals surface area contributed by atoms with Crippen LogP contribution in [-0.4, -0.2) is 57.7 Å². The van der Waals surface area contributed by atoms with Crippen molar-refractivity contribution in [2.24, 2.45) is 13.0 Å². The third-order valence-corrected chi connectivity index (χ3v) is 5.30. The van der Waals surface area contributed by atoms with Gasteiger partial charge >= 0.3 is 6.03 Å². The van der Waals surface area contributed by atoms with E-state index in [2.05, 4.69) is 24.3 Å². The van der Waals surface area contributed by atoms with Crippen LogP contribution in [0.2, 0.25) is 0 Å². The van der Waals surface area contributed by atoms with Gasteiger partial charge in [0.2, 0.25) is 0 Å². The van der Waals surface area contributed by atoms with Gasteiger partial charge in [-0.05, 0) is 49.4 Å². The van der Waals surface area contributed by atoms with Crippen LogP contribution in [0, 0.1) is 11.7 Å². The maximum Gasteiger partial charge on any atom is 0.323 e. The van der Waals surface area contributed by atoms with Crippen LogP contribution in [-0.2, 0) is 13.5 Å². The minimum atomic E-state index is -0.368. The van der Waals surface area contributed by atoms with Gasteiger partial charge in [0.1, 0.15) is 11.6 Å². The minimum absolute atomic E-state index is 0.140. The summed E-state index contributed by atoms with van der Waals surface area (Å²) in [6, 6.07) is 7.29. The molecule has 0 aliphatic carbocycles. The van der Waals surface area contributed by atoms with Crippen molar-refractivity contribution in [3.05, 3.63) is 47.4 Å². The standard InChI is InChI=1S/C22H30FN5O2/c1-16(2)5-10-19-15-20(26(3)25-19)24-22(30)28-12-4-11-27(13-14-28)21(29)17-6-8-18(23)9-7-17/h6-9,15-16H,4-5,10-14H2,1-3H3,(H,24,30). The van der Waals surface area contributed by atoms with E-state index in [1.54, 1.807) is 14.5 Å². The zero-order chi connectivity index (χ0) is 21.7. The molecule has 1 fully saturated rings. The molecule has 1 aromatic carbocycles. The lowest BCUT2D eigenvalue weighted by Crippen LogP contribution is -2.39. The van der Waals surface area contributed by atoms with Crippen molar-refractivity contribution in [1.29, 1.82) is 0 Å². The number of halogens is 1. The van der Waals surface area contributed by atoms with Gasteiger partial charge in [-0.25, -0.2) is 9.18 Å². The Bertz CT molecular complexity index is 878. The van der Waals surface area contributed by atoms with E-state index in [-0.39, 0.29) is 17.8 Å². The Labute approximate surface area is 176 Å². The number of rotatable bonds is 5. The zero-order valence-corrected chi connectivity index (χ0v) is 17.9. The van der Waals surface area contributed by atoms with Crippen LogP contribution < -0.4 is 5.32 Å². The van der Waals surface area contributed by atoms with Crippen LogP contribution in [0.15, 0.2) is 30.3 Å². The second-order valence-electron chi connectivity index (χ2n) is 8.15. The number of urea groups is 1. The second-order valence-corrected chi connectivity index (χ2v) is 8.15. The Morgan fingerprint density at radius 2 is 1.77 bits per heavy atom. The molecule has 162 valence electrons. The van der Waals surface area contributed by atoms with E-state index in [1.807, 2.05) is 13.1 Å². The van der Waals surface area contributed by atoms with Crippen LogP contribution in [0.5, 0.6) is 0 Å². The van der Waals surface area contributed by atoms with Gasteiger partial charge < -0.3 is 9.80 Å². The summed E-state index contributed by atoms with van der Waals surface area (Å²) in [7, 11) is 1.82. The number of hydrogen-bond donors (Lipinski definition) is 1. The second kappa shape index (κ2) is 9.73. The molecule has 1 aromatic heterocycles. The molecule has 2 aromatic rings. The summed E-state index contributed by atoms with van der Waals surface area (Å²) in [4.78, 5) is 28.9. The number of nitrogens with one attached hydrogen (secondary N) is 1. The first-order chi connectivity index (χ1) is 14.3. The van der Waals surface area contributed by atoms with Crippen molar-refractivity contribution < 1.29 is 14.0 Å². The number of carbonyl (C=O) groups is 2. The third-order valence-electron chi connectivity index (χ3n) is 5.30. The van der Waals surface area contributed by atoms with Crippen LogP contribution in [0.4, 0.5) is 15.0 Å². The van der Waals surface area contributed by atoms with Gasteiger partial charge in [0.25, 0.3) is 5.91 Å². The molecule has 1 aliphatic heterocycles. The van der Waals surface area contributed by atoms with Crippen LogP contribution >= 0.6 is 0 Å². The van der Waals surface area contributed by atoms with Crippen molar-refractivity contribution >= 4 is 17.8 Å². The molecule has 7 nitrogen and oxygen atoms in total. The Morgan fingerprint density at radius 1 is 1.10 bits per heavy atom. The topological polar surface area (TPSA) is 70.5 Å². The minimum Gasteiger partial charge on any atom is -0.337 e. The summed E-state index contributed by atoms with van der Waals surface area (Å²) in [5, 5.41) is 7.42. The molecule has 0 radical (unpaired) electrons. The van der Waals surface area contributed by atoms with Crippen molar-refractivity contribution in [2.45, 2.75) is 33.1 Å². The normalized spacial score (nSPS) is 14.7. The number of hydrogen-bond acceptors (Lipinski definition) is 3. The highest BCUT2D eigenvalue weighted by Gasteiger charge is 2.23. The third kappa shape index (κ3) is 5.58. The predicted molar refractivity (Wildman–Crippen MR) is 114 cm³/mol. The Hall–Kier alpha value is -2.90. The molecule has 3 amide bonds. The molecule has 1 saturated heterocycles. The van der Waals surface area contributed by atoms with Crippen molar-refractivity contribution in [3.63, 3.8) is 0 Å². The molecule has 0 unspecified atom stereocenters. The molecule has 3 rings (SSSR count). The molecule has 0 spiro atoms. The van der Waals surface area contributed by atoms with Crippen LogP contribution in [0.3, 0.4) is 0 Å². The largest absolute Gasteiger partial charge is 0.337 e. The lowest BCUT2D eigenvalue weighted by molar-refractivity contribution is 0.0762. The van der Waals surface area contributed by atoms with Gasteiger partial charge in [-0.2, -0.15) is 5.10 Å². The summed E-state index contributed by atoms with van der Waals surface area (Å²) in [6.07, 6.45) is 2.62. The Balaban J connectivity index is 1.56. The number of nitrogens with zero attached hydrogens (tertiary/aromatic N) is 4. The molecule has 1 N–H and O–H groups in total. The van der Waals surface area contributed by atoms with Crippen LogP contribution in [0.25, 0.3) is 0 Å². The number of carbonyl (C=O) groups excluding carboxylic acids is 2. The first-order valence-electron chi connectivity index (χ1n) is 10.5. The van der Waals surface area contributed by atoms with Gasteiger partial charge in [0.15, 0.2) is 0 Å². The highest BCUT2D eigenvalue weighted by Crippen LogP contribution is 2.15. The van der Waals surface area contributed by atoms with Gasteiger partial charge in [-0.15, -0.1) is 0 Å². The summed E-state index contributed by atoms with van der Waals surface area (Å²) in [6.45, 7) is 6.36. The maximum absolute atomic E-state index is 13.1. The number of amides is 3. The average Bonchev–Trinajstić information content (AvgIpc) is 2.91. The zero-order valence-electron chi connectivity index (χ0n) is 17.9. The molecule has 0 atom stereocenters. The molecule has 30 heavy (non-hydrogen) atoms. The van der Waals surface area contributed by atoms with Gasteiger partial charge in [-0.3, -0.25) is 14.8 Å². The number of benzene rings is 1. The molecule has 0 saturated carbocycles. The highest BCUT2D eigenvalue weighted by atomic mass is 19.1. The fourth-order valence-corrected chi connectivity index (χ4v) is 3.49.